The number of likely N-dealkylation sites (tertiary alicyclic amines) is 2. The molecule has 2 saturated heterocycles. The Morgan fingerprint density at radius 2 is 1.34 bits per heavy atom. The fourth-order valence-electron chi connectivity index (χ4n) is 8.64. The third kappa shape index (κ3) is 7.86. The fourth-order valence-corrected chi connectivity index (χ4v) is 8.64. The Labute approximate surface area is 338 Å². The summed E-state index contributed by atoms with van der Waals surface area (Å²) in [6.45, 7) is 8.64. The molecule has 15 heteroatoms. The average Bonchev–Trinajstić information content (AvgIpc) is 4.04. The molecular weight excluding hydrogens is 741 g/mol. The van der Waals surface area contributed by atoms with Crippen LogP contribution in [0.2, 0.25) is 0 Å². The fraction of sp³-hybridized carbons (Fsp3) is 0.488. The van der Waals surface area contributed by atoms with E-state index in [1.165, 1.54) is 19.0 Å². The number of imidazole rings is 2. The minimum Gasteiger partial charge on any atom is -0.453 e. The minimum absolute atomic E-state index is 0.114. The number of carbonyl (C=O) groups is 4. The zero-order chi connectivity index (χ0) is 41.2. The van der Waals surface area contributed by atoms with E-state index in [1.807, 2.05) is 27.7 Å². The molecule has 4 N–H and O–H groups in total. The van der Waals surface area contributed by atoms with Gasteiger partial charge in [0.2, 0.25) is 11.8 Å². The highest BCUT2D eigenvalue weighted by Crippen LogP contribution is 2.40. The Balaban J connectivity index is 1.08. The van der Waals surface area contributed by atoms with Gasteiger partial charge in [0.15, 0.2) is 5.82 Å². The maximum atomic E-state index is 13.8. The molecule has 3 aliphatic rings. The van der Waals surface area contributed by atoms with Crippen molar-refractivity contribution in [2.24, 2.45) is 11.8 Å². The first-order valence-corrected chi connectivity index (χ1v) is 20.3. The number of benzene rings is 2. The number of fused-ring (bicyclic) bond motifs is 3. The lowest BCUT2D eigenvalue weighted by molar-refractivity contribution is -0.136. The molecule has 2 fully saturated rings. The lowest BCUT2D eigenvalue weighted by Gasteiger charge is -2.30. The lowest BCUT2D eigenvalue weighted by Crippen LogP contribution is -2.51. The van der Waals surface area contributed by atoms with Crippen molar-refractivity contribution < 1.29 is 33.9 Å². The Bertz CT molecular complexity index is 2160. The standard InChI is InChI=1S/C43H54N8O7/c1-24(2)35(47-42(54)57-5)40(52)49-20-8-12-33(49)38-44-23-31(45-38)27-16-14-26(15-17-27)28-18-19-30-29(22-28)10-7-11-32-37(30)46-39(51(32)56)34-13-9-21-50(34)41(53)36(25(3)4)48-43(55)58-6/h14-19,22-25,33-36,56H,7-13,20-21H2,1-6H3,(H,44,45)(H,47,54)(H,48,55)/t33-,34-,35-,36-/m0/s1. The predicted molar refractivity (Wildman–Crippen MR) is 216 cm³/mol. The predicted octanol–water partition coefficient (Wildman–Crippen LogP) is 6.42. The number of aryl methyl sites for hydroxylation is 1. The van der Waals surface area contributed by atoms with Crippen LogP contribution < -0.4 is 10.6 Å². The Morgan fingerprint density at radius 3 is 1.95 bits per heavy atom. The number of carbonyl (C=O) groups excluding carboxylic acids is 4. The third-order valence-corrected chi connectivity index (χ3v) is 11.8. The summed E-state index contributed by atoms with van der Waals surface area (Å²) in [5.41, 5.74) is 7.50. The highest BCUT2D eigenvalue weighted by Gasteiger charge is 2.40. The maximum absolute atomic E-state index is 13.8. The van der Waals surface area contributed by atoms with E-state index in [0.717, 1.165) is 77.0 Å². The van der Waals surface area contributed by atoms with Crippen molar-refractivity contribution >= 4 is 24.0 Å². The number of aromatic amines is 1. The summed E-state index contributed by atoms with van der Waals surface area (Å²) in [5, 5.41) is 16.9. The van der Waals surface area contributed by atoms with Crippen LogP contribution in [-0.2, 0) is 31.9 Å². The van der Waals surface area contributed by atoms with Gasteiger partial charge in [0.25, 0.3) is 0 Å². The number of nitrogens with zero attached hydrogens (tertiary/aromatic N) is 5. The minimum atomic E-state index is -0.764. The van der Waals surface area contributed by atoms with Crippen molar-refractivity contribution in [3.05, 3.63) is 71.6 Å². The number of ether oxygens (including phenoxy) is 2. The summed E-state index contributed by atoms with van der Waals surface area (Å²) in [7, 11) is 2.56. The molecule has 1 aliphatic carbocycles. The van der Waals surface area contributed by atoms with Crippen LogP contribution in [-0.4, -0.2) is 98.1 Å². The van der Waals surface area contributed by atoms with E-state index >= 15 is 0 Å². The van der Waals surface area contributed by atoms with Crippen molar-refractivity contribution in [3.8, 4) is 33.6 Å². The average molecular weight is 795 g/mol. The van der Waals surface area contributed by atoms with E-state index in [4.69, 9.17) is 19.4 Å². The molecule has 4 amide bonds. The summed E-state index contributed by atoms with van der Waals surface area (Å²) in [6.07, 6.45) is 5.82. The second-order valence-corrected chi connectivity index (χ2v) is 16.2. The Kier molecular flexibility index (Phi) is 11.8. The van der Waals surface area contributed by atoms with Gasteiger partial charge in [0.05, 0.1) is 49.6 Å². The summed E-state index contributed by atoms with van der Waals surface area (Å²) in [6, 6.07) is 12.5. The number of amides is 4. The van der Waals surface area contributed by atoms with E-state index in [0.29, 0.717) is 37.6 Å². The van der Waals surface area contributed by atoms with Crippen molar-refractivity contribution in [2.75, 3.05) is 27.3 Å². The quantitative estimate of drug-likeness (QED) is 0.132. The van der Waals surface area contributed by atoms with Crippen molar-refractivity contribution in [1.29, 1.82) is 0 Å². The maximum Gasteiger partial charge on any atom is 0.407 e. The smallest absolute Gasteiger partial charge is 0.407 e. The second kappa shape index (κ2) is 16.9. The largest absolute Gasteiger partial charge is 0.453 e. The summed E-state index contributed by atoms with van der Waals surface area (Å²) >= 11 is 0. The zero-order valence-corrected chi connectivity index (χ0v) is 34.1. The second-order valence-electron chi connectivity index (χ2n) is 16.2. The molecule has 7 rings (SSSR count). The summed E-state index contributed by atoms with van der Waals surface area (Å²) < 4.78 is 10.7. The van der Waals surface area contributed by atoms with Crippen LogP contribution in [0.1, 0.15) is 94.8 Å². The van der Waals surface area contributed by atoms with E-state index in [9.17, 15) is 24.4 Å². The lowest BCUT2D eigenvalue weighted by atomic mass is 9.95. The number of hydrogen-bond donors (Lipinski definition) is 4. The number of alkyl carbamates (subject to hydrolysis) is 2. The summed E-state index contributed by atoms with van der Waals surface area (Å²) in [5.74, 6) is 0.510. The molecule has 15 nitrogen and oxygen atoms in total. The third-order valence-electron chi connectivity index (χ3n) is 11.8. The van der Waals surface area contributed by atoms with Crippen molar-refractivity contribution in [2.45, 2.75) is 96.8 Å². The molecule has 4 heterocycles. The van der Waals surface area contributed by atoms with E-state index < -0.39 is 30.3 Å². The van der Waals surface area contributed by atoms with Gasteiger partial charge in [-0.2, -0.15) is 4.73 Å². The number of nitrogens with one attached hydrogen (secondary N) is 3. The highest BCUT2D eigenvalue weighted by molar-refractivity contribution is 5.87. The molecule has 0 saturated carbocycles. The highest BCUT2D eigenvalue weighted by atomic mass is 16.5. The molecule has 308 valence electrons. The monoisotopic (exact) mass is 794 g/mol. The number of H-pyrrole nitrogens is 1. The first kappa shape index (κ1) is 40.3. The zero-order valence-electron chi connectivity index (χ0n) is 34.1. The van der Waals surface area contributed by atoms with Crippen LogP contribution in [0.25, 0.3) is 33.6 Å². The molecule has 0 bridgehead atoms. The van der Waals surface area contributed by atoms with E-state index in [1.54, 1.807) is 16.0 Å². The molecule has 58 heavy (non-hydrogen) atoms. The van der Waals surface area contributed by atoms with Gasteiger partial charge in [0.1, 0.15) is 17.9 Å². The van der Waals surface area contributed by atoms with Gasteiger partial charge in [-0.05, 0) is 79.0 Å². The summed E-state index contributed by atoms with van der Waals surface area (Å²) in [4.78, 5) is 68.1. The normalized spacial score (nSPS) is 18.7. The number of aromatic nitrogens is 4. The van der Waals surface area contributed by atoms with Crippen LogP contribution in [0.5, 0.6) is 0 Å². The number of methoxy groups -OCH3 is 2. The molecule has 4 atom stereocenters. The first-order valence-electron chi connectivity index (χ1n) is 20.3. The van der Waals surface area contributed by atoms with Crippen LogP contribution in [0.15, 0.2) is 48.7 Å². The van der Waals surface area contributed by atoms with E-state index in [-0.39, 0.29) is 29.7 Å². The van der Waals surface area contributed by atoms with Gasteiger partial charge in [0, 0.05) is 18.7 Å². The first-order chi connectivity index (χ1) is 27.9. The van der Waals surface area contributed by atoms with Crippen LogP contribution in [0.4, 0.5) is 9.59 Å². The van der Waals surface area contributed by atoms with Gasteiger partial charge < -0.3 is 40.1 Å². The van der Waals surface area contributed by atoms with Gasteiger partial charge in [-0.1, -0.05) is 70.2 Å². The Hall–Kier alpha value is -5.86. The molecule has 4 aromatic rings. The Morgan fingerprint density at radius 1 is 0.776 bits per heavy atom. The topological polar surface area (TPSA) is 184 Å². The van der Waals surface area contributed by atoms with E-state index in [2.05, 4.69) is 58.1 Å². The van der Waals surface area contributed by atoms with Gasteiger partial charge in [-0.3, -0.25) is 9.59 Å². The molecule has 0 unspecified atom stereocenters. The molecule has 2 aromatic carbocycles. The van der Waals surface area contributed by atoms with Crippen LogP contribution >= 0.6 is 0 Å². The number of hydrogen-bond acceptors (Lipinski definition) is 9. The van der Waals surface area contributed by atoms with Crippen molar-refractivity contribution in [3.63, 3.8) is 0 Å². The molecule has 2 aromatic heterocycles. The molecule has 2 aliphatic heterocycles. The van der Waals surface area contributed by atoms with Crippen LogP contribution in [0, 0.1) is 11.8 Å². The van der Waals surface area contributed by atoms with Gasteiger partial charge in [-0.15, -0.1) is 0 Å². The molecular formula is C43H54N8O7. The number of rotatable bonds is 10. The van der Waals surface area contributed by atoms with Gasteiger partial charge >= 0.3 is 12.2 Å². The van der Waals surface area contributed by atoms with Crippen LogP contribution in [0.3, 0.4) is 0 Å². The molecule has 0 radical (unpaired) electrons. The SMILES string of the molecule is COC(=O)N[C@H](C(=O)N1CCC[C@H]1c1ncc(-c2ccc(-c3ccc4c(c3)CCCc3c-4nc([C@@H]4CCCN4C(=O)[C@@H](NC(=O)OC)C(C)C)n3O)cc2)[nH]1)C(C)C. The molecule has 0 spiro atoms. The van der Waals surface area contributed by atoms with Gasteiger partial charge in [-0.25, -0.2) is 19.6 Å². The van der Waals surface area contributed by atoms with Crippen molar-refractivity contribution in [1.82, 2.24) is 40.1 Å².